The smallest absolute Gasteiger partial charge is 0.106 e. The summed E-state index contributed by atoms with van der Waals surface area (Å²) in [7, 11) is 0. The largest absolute Gasteiger partial charge is 0.395 e. The molecule has 68 valence electrons. The molecule has 0 aliphatic carbocycles. The molecule has 0 saturated heterocycles. The molecule has 0 saturated carbocycles. The van der Waals surface area contributed by atoms with Crippen molar-refractivity contribution in [2.45, 2.75) is 20.8 Å². The summed E-state index contributed by atoms with van der Waals surface area (Å²) < 4.78 is 0. The predicted molar refractivity (Wildman–Crippen MR) is 44.6 cm³/mol. The summed E-state index contributed by atoms with van der Waals surface area (Å²) in [6.45, 7) is 5.38. The molecule has 4 heteroatoms. The Kier molecular flexibility index (Phi) is 3.35. The van der Waals surface area contributed by atoms with Gasteiger partial charge in [-0.05, 0) is 5.41 Å². The van der Waals surface area contributed by atoms with E-state index in [1.165, 1.54) is 0 Å². The lowest BCUT2D eigenvalue weighted by molar-refractivity contribution is 0.0736. The highest BCUT2D eigenvalue weighted by Gasteiger charge is 2.42. The maximum Gasteiger partial charge on any atom is 0.106 e. The molecule has 2 N–H and O–H groups in total. The van der Waals surface area contributed by atoms with Crippen LogP contribution in [0.4, 0.5) is 0 Å². The molecule has 0 aliphatic rings. The van der Waals surface area contributed by atoms with Gasteiger partial charge in [0, 0.05) is 0 Å². The number of nitrogens with zero attached hydrogens (tertiary/aromatic N) is 2. The number of aliphatic hydroxyl groups is 1. The van der Waals surface area contributed by atoms with Crippen molar-refractivity contribution >= 4 is 0 Å². The molecule has 0 radical (unpaired) electrons. The maximum atomic E-state index is 9.08. The fraction of sp³-hybridized carbons (Fsp3) is 0.875. The molecule has 0 aliphatic heterocycles. The van der Waals surface area contributed by atoms with E-state index < -0.39 is 5.41 Å². The molecule has 0 heterocycles. The zero-order valence-electron chi connectivity index (χ0n) is 7.76. The number of hydrogen-bond acceptors (Lipinski definition) is 4. The standard InChI is InChI=1S/C8H15N3O/c1-7(2,3)8(4-9,6-12)5-11-10/h10,12H,5-6H2,1-3H3. The molecule has 0 spiro atoms. The van der Waals surface area contributed by atoms with Gasteiger partial charge in [-0.25, -0.2) is 5.53 Å². The topological polar surface area (TPSA) is 80.2 Å². The second kappa shape index (κ2) is 3.63. The zero-order chi connectivity index (χ0) is 9.83. The minimum atomic E-state index is -0.922. The summed E-state index contributed by atoms with van der Waals surface area (Å²) in [4.78, 5) is 0. The van der Waals surface area contributed by atoms with Crippen LogP contribution in [0.1, 0.15) is 20.8 Å². The quantitative estimate of drug-likeness (QED) is 0.629. The van der Waals surface area contributed by atoms with Crippen LogP contribution in [0.2, 0.25) is 0 Å². The average Bonchev–Trinajstić information content (AvgIpc) is 1.98. The van der Waals surface area contributed by atoms with Gasteiger partial charge in [0.15, 0.2) is 0 Å². The van der Waals surface area contributed by atoms with Crippen LogP contribution in [0.25, 0.3) is 0 Å². The lowest BCUT2D eigenvalue weighted by Crippen LogP contribution is -2.40. The molecular formula is C8H15N3O. The van der Waals surface area contributed by atoms with E-state index in [-0.39, 0.29) is 18.6 Å². The third-order valence-electron chi connectivity index (χ3n) is 2.27. The van der Waals surface area contributed by atoms with E-state index in [4.69, 9.17) is 15.9 Å². The zero-order valence-corrected chi connectivity index (χ0v) is 7.76. The lowest BCUT2D eigenvalue weighted by atomic mass is 9.68. The first-order valence-electron chi connectivity index (χ1n) is 3.79. The highest BCUT2D eigenvalue weighted by atomic mass is 16.3. The van der Waals surface area contributed by atoms with Gasteiger partial charge in [0.2, 0.25) is 0 Å². The number of hydrogen-bond donors (Lipinski definition) is 2. The van der Waals surface area contributed by atoms with E-state index in [1.54, 1.807) is 0 Å². The van der Waals surface area contributed by atoms with Crippen molar-refractivity contribution in [2.24, 2.45) is 15.9 Å². The Morgan fingerprint density at radius 3 is 2.08 bits per heavy atom. The fourth-order valence-corrected chi connectivity index (χ4v) is 0.898. The van der Waals surface area contributed by atoms with Crippen LogP contribution in [0.3, 0.4) is 0 Å². The van der Waals surface area contributed by atoms with Crippen LogP contribution in [0.5, 0.6) is 0 Å². The molecule has 1 unspecified atom stereocenters. The summed E-state index contributed by atoms with van der Waals surface area (Å²) in [6.07, 6.45) is 0. The average molecular weight is 169 g/mol. The number of nitrogens with one attached hydrogen (secondary N) is 1. The second-order valence-electron chi connectivity index (χ2n) is 3.92. The molecule has 0 bridgehead atoms. The van der Waals surface area contributed by atoms with E-state index in [1.807, 2.05) is 26.8 Å². The van der Waals surface area contributed by atoms with Crippen molar-refractivity contribution in [3.8, 4) is 6.07 Å². The molecule has 0 fully saturated rings. The van der Waals surface area contributed by atoms with E-state index in [0.29, 0.717) is 0 Å². The lowest BCUT2D eigenvalue weighted by Gasteiger charge is -2.35. The second-order valence-corrected chi connectivity index (χ2v) is 3.92. The highest BCUT2D eigenvalue weighted by Crippen LogP contribution is 2.37. The van der Waals surface area contributed by atoms with Gasteiger partial charge in [-0.2, -0.15) is 10.4 Å². The SMILES string of the molecule is CC(C)(C)C(C#N)(CO)CN=N. The maximum absolute atomic E-state index is 9.08. The van der Waals surface area contributed by atoms with Crippen molar-refractivity contribution < 1.29 is 5.11 Å². The fourth-order valence-electron chi connectivity index (χ4n) is 0.898. The van der Waals surface area contributed by atoms with Gasteiger partial charge in [-0.3, -0.25) is 0 Å². The van der Waals surface area contributed by atoms with Crippen molar-refractivity contribution in [1.82, 2.24) is 0 Å². The van der Waals surface area contributed by atoms with Crippen LogP contribution >= 0.6 is 0 Å². The molecule has 12 heavy (non-hydrogen) atoms. The van der Waals surface area contributed by atoms with Crippen molar-refractivity contribution in [3.05, 3.63) is 0 Å². The molecular weight excluding hydrogens is 154 g/mol. The Morgan fingerprint density at radius 2 is 2.00 bits per heavy atom. The predicted octanol–water partition coefficient (Wildman–Crippen LogP) is 1.57. The summed E-state index contributed by atoms with van der Waals surface area (Å²) in [5.74, 6) is 0. The van der Waals surface area contributed by atoms with E-state index >= 15 is 0 Å². The molecule has 0 amide bonds. The van der Waals surface area contributed by atoms with Crippen molar-refractivity contribution in [1.29, 1.82) is 10.8 Å². The van der Waals surface area contributed by atoms with Gasteiger partial charge in [0.05, 0.1) is 19.2 Å². The first-order valence-corrected chi connectivity index (χ1v) is 3.79. The third kappa shape index (κ3) is 1.80. The van der Waals surface area contributed by atoms with E-state index in [9.17, 15) is 0 Å². The molecule has 4 nitrogen and oxygen atoms in total. The molecule has 0 aromatic rings. The molecule has 1 atom stereocenters. The summed E-state index contributed by atoms with van der Waals surface area (Å²) in [5.41, 5.74) is 5.43. The van der Waals surface area contributed by atoms with Crippen LogP contribution in [0, 0.1) is 27.7 Å². The Balaban J connectivity index is 4.85. The molecule has 0 aromatic carbocycles. The van der Waals surface area contributed by atoms with Gasteiger partial charge < -0.3 is 5.11 Å². The van der Waals surface area contributed by atoms with Gasteiger partial charge in [-0.1, -0.05) is 20.8 Å². The van der Waals surface area contributed by atoms with Gasteiger partial charge in [0.1, 0.15) is 5.41 Å². The Bertz CT molecular complexity index is 201. The molecule has 0 aromatic heterocycles. The third-order valence-corrected chi connectivity index (χ3v) is 2.27. The van der Waals surface area contributed by atoms with Crippen molar-refractivity contribution in [3.63, 3.8) is 0 Å². The summed E-state index contributed by atoms with van der Waals surface area (Å²) >= 11 is 0. The van der Waals surface area contributed by atoms with Gasteiger partial charge >= 0.3 is 0 Å². The van der Waals surface area contributed by atoms with Crippen LogP contribution < -0.4 is 0 Å². The Hall–Kier alpha value is -0.950. The summed E-state index contributed by atoms with van der Waals surface area (Å²) in [5, 5.41) is 21.2. The van der Waals surface area contributed by atoms with E-state index in [2.05, 4.69) is 5.11 Å². The minimum Gasteiger partial charge on any atom is -0.395 e. The Morgan fingerprint density at radius 1 is 1.50 bits per heavy atom. The van der Waals surface area contributed by atoms with Crippen LogP contribution in [0.15, 0.2) is 5.11 Å². The first kappa shape index (κ1) is 11.1. The monoisotopic (exact) mass is 169 g/mol. The number of aliphatic hydroxyl groups excluding tert-OH is 1. The van der Waals surface area contributed by atoms with Gasteiger partial charge in [-0.15, -0.1) is 0 Å². The normalized spacial score (nSPS) is 16.2. The first-order chi connectivity index (χ1) is 5.43. The van der Waals surface area contributed by atoms with Crippen LogP contribution in [-0.4, -0.2) is 18.3 Å². The highest BCUT2D eigenvalue weighted by molar-refractivity contribution is 5.07. The van der Waals surface area contributed by atoms with E-state index in [0.717, 1.165) is 0 Å². The summed E-state index contributed by atoms with van der Waals surface area (Å²) in [6, 6.07) is 2.04. The minimum absolute atomic E-state index is 0.0590. The van der Waals surface area contributed by atoms with Gasteiger partial charge in [0.25, 0.3) is 0 Å². The number of rotatable bonds is 3. The van der Waals surface area contributed by atoms with Crippen LogP contribution in [-0.2, 0) is 0 Å². The van der Waals surface area contributed by atoms with Crippen molar-refractivity contribution in [2.75, 3.05) is 13.2 Å². The Labute approximate surface area is 72.7 Å². The molecule has 0 rings (SSSR count). The number of nitriles is 1.